The highest BCUT2D eigenvalue weighted by molar-refractivity contribution is 7.99. The average molecular weight is 323 g/mol. The van der Waals surface area contributed by atoms with Crippen molar-refractivity contribution in [3.05, 3.63) is 35.4 Å². The molecule has 1 fully saturated rings. The highest BCUT2D eigenvalue weighted by Crippen LogP contribution is 2.46. The molecule has 2 unspecified atom stereocenters. The zero-order valence-electron chi connectivity index (χ0n) is 12.6. The standard InChI is InChI=1S/C16H21NO4S/c1-21-10-17-15(19)13-5-3-2-4-12(13)14(18)16(17,20)11-6-8-22-9-7-11/h2-5,11,14,18,20H,6-10H2,1H3. The number of amides is 1. The molecule has 2 heterocycles. The number of benzene rings is 1. The largest absolute Gasteiger partial charge is 0.383 e. The Morgan fingerprint density at radius 3 is 2.73 bits per heavy atom. The van der Waals surface area contributed by atoms with Crippen LogP contribution in [0.2, 0.25) is 0 Å². The molecule has 0 bridgehead atoms. The van der Waals surface area contributed by atoms with Gasteiger partial charge in [-0.1, -0.05) is 18.2 Å². The van der Waals surface area contributed by atoms with E-state index in [9.17, 15) is 15.0 Å². The van der Waals surface area contributed by atoms with Gasteiger partial charge in [-0.3, -0.25) is 9.69 Å². The summed E-state index contributed by atoms with van der Waals surface area (Å²) in [5, 5.41) is 22.2. The Labute approximate surface area is 134 Å². The molecule has 5 nitrogen and oxygen atoms in total. The number of hydrogen-bond donors (Lipinski definition) is 2. The third-order valence-electron chi connectivity index (χ3n) is 4.65. The van der Waals surface area contributed by atoms with Crippen molar-refractivity contribution in [2.24, 2.45) is 5.92 Å². The first kappa shape index (κ1) is 15.8. The molecule has 22 heavy (non-hydrogen) atoms. The summed E-state index contributed by atoms with van der Waals surface area (Å²) in [7, 11) is 1.48. The molecule has 0 spiro atoms. The SMILES string of the molecule is COCN1C(=O)c2ccccc2C(O)C1(O)C1CCSCC1. The predicted octanol–water partition coefficient (Wildman–Crippen LogP) is 1.61. The Morgan fingerprint density at radius 2 is 2.05 bits per heavy atom. The van der Waals surface area contributed by atoms with Gasteiger partial charge in [0, 0.05) is 18.6 Å². The fraction of sp³-hybridized carbons (Fsp3) is 0.562. The normalized spacial score (nSPS) is 29.5. The maximum atomic E-state index is 12.8. The van der Waals surface area contributed by atoms with Crippen molar-refractivity contribution in [1.29, 1.82) is 0 Å². The molecule has 2 N–H and O–H groups in total. The van der Waals surface area contributed by atoms with Crippen molar-refractivity contribution in [2.45, 2.75) is 24.7 Å². The Hall–Kier alpha value is -1.08. The number of aliphatic hydroxyl groups excluding tert-OH is 1. The van der Waals surface area contributed by atoms with Gasteiger partial charge in [-0.25, -0.2) is 0 Å². The molecule has 3 rings (SSSR count). The van der Waals surface area contributed by atoms with Crippen molar-refractivity contribution in [1.82, 2.24) is 4.90 Å². The summed E-state index contributed by atoms with van der Waals surface area (Å²) in [5.74, 6) is 1.41. The first-order valence-electron chi connectivity index (χ1n) is 7.48. The molecule has 0 saturated carbocycles. The number of carbonyl (C=O) groups is 1. The lowest BCUT2D eigenvalue weighted by molar-refractivity contribution is -0.221. The zero-order valence-corrected chi connectivity index (χ0v) is 13.4. The van der Waals surface area contributed by atoms with E-state index >= 15 is 0 Å². The maximum absolute atomic E-state index is 12.8. The van der Waals surface area contributed by atoms with Crippen LogP contribution >= 0.6 is 11.8 Å². The summed E-state index contributed by atoms with van der Waals surface area (Å²) in [4.78, 5) is 14.1. The first-order valence-corrected chi connectivity index (χ1v) is 8.64. The molecule has 0 aromatic heterocycles. The van der Waals surface area contributed by atoms with Crippen molar-refractivity contribution in [3.8, 4) is 0 Å². The second-order valence-corrected chi connectivity index (χ2v) is 7.04. The smallest absolute Gasteiger partial charge is 0.258 e. The van der Waals surface area contributed by atoms with Gasteiger partial charge in [-0.2, -0.15) is 11.8 Å². The lowest BCUT2D eigenvalue weighted by Gasteiger charge is -2.51. The fourth-order valence-electron chi connectivity index (χ4n) is 3.47. The van der Waals surface area contributed by atoms with Gasteiger partial charge in [-0.15, -0.1) is 0 Å². The molecular weight excluding hydrogens is 302 g/mol. The van der Waals surface area contributed by atoms with Crippen molar-refractivity contribution < 1.29 is 19.7 Å². The summed E-state index contributed by atoms with van der Waals surface area (Å²) in [6.45, 7) is -0.0373. The number of rotatable bonds is 3. The molecule has 1 saturated heterocycles. The molecular formula is C16H21NO4S. The van der Waals surface area contributed by atoms with Crippen LogP contribution in [0, 0.1) is 5.92 Å². The summed E-state index contributed by atoms with van der Waals surface area (Å²) < 4.78 is 5.13. The lowest BCUT2D eigenvalue weighted by Crippen LogP contribution is -2.63. The molecule has 1 aromatic carbocycles. The topological polar surface area (TPSA) is 70.0 Å². The number of ether oxygens (including phenoxy) is 1. The van der Waals surface area contributed by atoms with E-state index in [1.54, 1.807) is 24.3 Å². The van der Waals surface area contributed by atoms with Gasteiger partial charge in [-0.05, 0) is 36.0 Å². The van der Waals surface area contributed by atoms with E-state index in [-0.39, 0.29) is 18.6 Å². The molecule has 2 aliphatic heterocycles. The zero-order chi connectivity index (χ0) is 15.7. The highest BCUT2D eigenvalue weighted by atomic mass is 32.2. The second kappa shape index (κ2) is 6.20. The Bertz CT molecular complexity index is 561. The van der Waals surface area contributed by atoms with Crippen molar-refractivity contribution >= 4 is 17.7 Å². The van der Waals surface area contributed by atoms with E-state index in [0.29, 0.717) is 11.1 Å². The van der Waals surface area contributed by atoms with Gasteiger partial charge < -0.3 is 14.9 Å². The summed E-state index contributed by atoms with van der Waals surface area (Å²) in [6.07, 6.45) is 0.423. The summed E-state index contributed by atoms with van der Waals surface area (Å²) in [5.41, 5.74) is -0.676. The van der Waals surface area contributed by atoms with E-state index < -0.39 is 11.8 Å². The average Bonchev–Trinajstić information content (AvgIpc) is 2.57. The Kier molecular flexibility index (Phi) is 4.45. The van der Waals surface area contributed by atoms with Crippen LogP contribution in [0.3, 0.4) is 0 Å². The van der Waals surface area contributed by atoms with Crippen LogP contribution in [0.5, 0.6) is 0 Å². The monoisotopic (exact) mass is 323 g/mol. The molecule has 120 valence electrons. The Balaban J connectivity index is 2.07. The van der Waals surface area contributed by atoms with E-state index in [0.717, 1.165) is 24.3 Å². The second-order valence-electron chi connectivity index (χ2n) is 5.81. The molecule has 2 atom stereocenters. The van der Waals surface area contributed by atoms with Gasteiger partial charge >= 0.3 is 0 Å². The van der Waals surface area contributed by atoms with Crippen LogP contribution in [-0.2, 0) is 4.74 Å². The molecule has 0 aliphatic carbocycles. The number of thioether (sulfide) groups is 1. The number of aliphatic hydroxyl groups is 2. The minimum atomic E-state index is -1.61. The fourth-order valence-corrected chi connectivity index (χ4v) is 4.58. The summed E-state index contributed by atoms with van der Waals surface area (Å²) >= 11 is 1.84. The van der Waals surface area contributed by atoms with Crippen LogP contribution in [0.25, 0.3) is 0 Å². The summed E-state index contributed by atoms with van der Waals surface area (Å²) in [6, 6.07) is 6.93. The van der Waals surface area contributed by atoms with Crippen molar-refractivity contribution in [2.75, 3.05) is 25.3 Å². The molecule has 2 aliphatic rings. The van der Waals surface area contributed by atoms with Gasteiger partial charge in [0.15, 0.2) is 5.72 Å². The van der Waals surface area contributed by atoms with Gasteiger partial charge in [0.05, 0.1) is 0 Å². The van der Waals surface area contributed by atoms with Gasteiger partial charge in [0.2, 0.25) is 0 Å². The third-order valence-corrected chi connectivity index (χ3v) is 5.69. The Morgan fingerprint density at radius 1 is 1.36 bits per heavy atom. The molecule has 1 aromatic rings. The number of carbonyl (C=O) groups excluding carboxylic acids is 1. The van der Waals surface area contributed by atoms with Crippen LogP contribution in [0.15, 0.2) is 24.3 Å². The quantitative estimate of drug-likeness (QED) is 0.884. The highest BCUT2D eigenvalue weighted by Gasteiger charge is 2.54. The van der Waals surface area contributed by atoms with Crippen LogP contribution < -0.4 is 0 Å². The maximum Gasteiger partial charge on any atom is 0.258 e. The number of hydrogen-bond acceptors (Lipinski definition) is 5. The van der Waals surface area contributed by atoms with E-state index in [1.165, 1.54) is 12.0 Å². The van der Waals surface area contributed by atoms with Crippen LogP contribution in [-0.4, -0.2) is 52.1 Å². The van der Waals surface area contributed by atoms with Gasteiger partial charge in [0.1, 0.15) is 12.8 Å². The van der Waals surface area contributed by atoms with E-state index in [4.69, 9.17) is 4.74 Å². The molecule has 6 heteroatoms. The number of methoxy groups -OCH3 is 1. The minimum absolute atomic E-state index is 0.0373. The molecule has 0 radical (unpaired) electrons. The molecule has 1 amide bonds. The number of fused-ring (bicyclic) bond motifs is 1. The minimum Gasteiger partial charge on any atom is -0.383 e. The van der Waals surface area contributed by atoms with E-state index in [1.807, 2.05) is 11.8 Å². The van der Waals surface area contributed by atoms with Crippen LogP contribution in [0.1, 0.15) is 34.9 Å². The van der Waals surface area contributed by atoms with Crippen molar-refractivity contribution in [3.63, 3.8) is 0 Å². The number of nitrogens with zero attached hydrogens (tertiary/aromatic N) is 1. The van der Waals surface area contributed by atoms with Crippen LogP contribution in [0.4, 0.5) is 0 Å². The first-order chi connectivity index (χ1) is 10.6. The van der Waals surface area contributed by atoms with Gasteiger partial charge in [0.25, 0.3) is 5.91 Å². The third kappa shape index (κ3) is 2.34. The van der Waals surface area contributed by atoms with E-state index in [2.05, 4.69) is 0 Å². The predicted molar refractivity (Wildman–Crippen MR) is 84.4 cm³/mol. The lowest BCUT2D eigenvalue weighted by atomic mass is 9.78.